The quantitative estimate of drug-likeness (QED) is 0.782. The van der Waals surface area contributed by atoms with Crippen LogP contribution in [0.1, 0.15) is 18.4 Å². The van der Waals surface area contributed by atoms with Crippen LogP contribution in [0.3, 0.4) is 0 Å². The molecule has 1 aromatic carbocycles. The van der Waals surface area contributed by atoms with Gasteiger partial charge in [-0.2, -0.15) is 0 Å². The Labute approximate surface area is 100 Å². The first kappa shape index (κ1) is 10.7. The average Bonchev–Trinajstić information content (AvgIpc) is 2.39. The Morgan fingerprint density at radius 1 is 1.12 bits per heavy atom. The minimum atomic E-state index is -0.723. The summed E-state index contributed by atoms with van der Waals surface area (Å²) in [5.41, 5.74) is 0.246. The summed E-state index contributed by atoms with van der Waals surface area (Å²) >= 11 is 0. The highest BCUT2D eigenvalue weighted by atomic mass is 16.3. The van der Waals surface area contributed by atoms with Crippen molar-refractivity contribution < 1.29 is 5.11 Å². The molecule has 1 aromatic heterocycles. The van der Waals surface area contributed by atoms with Gasteiger partial charge >= 0.3 is 0 Å². The fraction of sp³-hybridized carbons (Fsp3) is 0.357. The van der Waals surface area contributed by atoms with Gasteiger partial charge in [0.05, 0.1) is 5.60 Å². The predicted molar refractivity (Wildman–Crippen MR) is 67.7 cm³/mol. The van der Waals surface area contributed by atoms with Crippen molar-refractivity contribution in [3.05, 3.63) is 42.2 Å². The van der Waals surface area contributed by atoms with Gasteiger partial charge in [0, 0.05) is 23.3 Å². The zero-order chi connectivity index (χ0) is 11.7. The number of aromatic nitrogens is 1. The second-order valence-corrected chi connectivity index (χ2v) is 4.69. The Kier molecular flexibility index (Phi) is 2.57. The number of aliphatic hydroxyl groups is 1. The van der Waals surface area contributed by atoms with Crippen molar-refractivity contribution >= 4 is 10.8 Å². The molecule has 0 spiro atoms. The van der Waals surface area contributed by atoms with Crippen LogP contribution in [0.4, 0.5) is 0 Å². The highest BCUT2D eigenvalue weighted by Gasteiger charge is 2.32. The van der Waals surface area contributed by atoms with Crippen LogP contribution >= 0.6 is 0 Å². The molecular weight excluding hydrogens is 212 g/mol. The van der Waals surface area contributed by atoms with Crippen molar-refractivity contribution in [2.45, 2.75) is 18.4 Å². The van der Waals surface area contributed by atoms with Gasteiger partial charge in [0.1, 0.15) is 0 Å². The van der Waals surface area contributed by atoms with Crippen LogP contribution in [0.25, 0.3) is 10.8 Å². The molecule has 0 bridgehead atoms. The number of nitrogens with zero attached hydrogens (tertiary/aromatic N) is 1. The Morgan fingerprint density at radius 2 is 1.88 bits per heavy atom. The zero-order valence-corrected chi connectivity index (χ0v) is 9.69. The lowest BCUT2D eigenvalue weighted by atomic mass is 9.84. The molecule has 3 nitrogen and oxygen atoms in total. The second kappa shape index (κ2) is 4.09. The number of hydrogen-bond donors (Lipinski definition) is 2. The van der Waals surface area contributed by atoms with E-state index in [1.165, 1.54) is 0 Å². The summed E-state index contributed by atoms with van der Waals surface area (Å²) in [6.45, 7) is 1.72. The molecule has 1 aliphatic heterocycles. The van der Waals surface area contributed by atoms with Gasteiger partial charge in [0.25, 0.3) is 0 Å². The molecule has 0 saturated carbocycles. The van der Waals surface area contributed by atoms with Crippen LogP contribution in [0, 0.1) is 0 Å². The van der Waals surface area contributed by atoms with Gasteiger partial charge in [0.15, 0.2) is 0 Å². The smallest absolute Gasteiger partial charge is 0.0941 e. The van der Waals surface area contributed by atoms with Gasteiger partial charge in [-0.05, 0) is 31.3 Å². The molecule has 2 N–H and O–H groups in total. The van der Waals surface area contributed by atoms with Crippen molar-refractivity contribution in [3.8, 4) is 0 Å². The number of hydrogen-bond acceptors (Lipinski definition) is 3. The maximum atomic E-state index is 10.8. The van der Waals surface area contributed by atoms with Crippen LogP contribution in [0.2, 0.25) is 0 Å². The topological polar surface area (TPSA) is 45.2 Å². The molecule has 1 saturated heterocycles. The lowest BCUT2D eigenvalue weighted by Crippen LogP contribution is -2.39. The van der Waals surface area contributed by atoms with E-state index in [4.69, 9.17) is 0 Å². The summed E-state index contributed by atoms with van der Waals surface area (Å²) in [5.74, 6) is 0. The maximum Gasteiger partial charge on any atom is 0.0941 e. The number of nitrogens with one attached hydrogen (secondary N) is 1. The minimum Gasteiger partial charge on any atom is -0.385 e. The van der Waals surface area contributed by atoms with Crippen LogP contribution in [-0.2, 0) is 5.60 Å². The summed E-state index contributed by atoms with van der Waals surface area (Å²) in [6.07, 6.45) is 5.17. The molecule has 0 unspecified atom stereocenters. The third kappa shape index (κ3) is 1.81. The molecule has 0 amide bonds. The van der Waals surface area contributed by atoms with E-state index in [0.29, 0.717) is 0 Å². The number of rotatable bonds is 1. The van der Waals surface area contributed by atoms with Crippen molar-refractivity contribution in [1.29, 1.82) is 0 Å². The van der Waals surface area contributed by atoms with Crippen LogP contribution in [-0.4, -0.2) is 23.2 Å². The first-order valence-corrected chi connectivity index (χ1v) is 6.06. The van der Waals surface area contributed by atoms with E-state index < -0.39 is 5.60 Å². The standard InChI is InChI=1S/C14H16N2O/c17-14(5-7-15-8-6-14)13-10-16-9-11-3-1-2-4-12(11)13/h1-4,9-10,15,17H,5-8H2. The molecule has 1 aliphatic rings. The predicted octanol–water partition coefficient (Wildman–Crippen LogP) is 1.81. The van der Waals surface area contributed by atoms with Crippen LogP contribution in [0.15, 0.2) is 36.7 Å². The van der Waals surface area contributed by atoms with Crippen molar-refractivity contribution in [1.82, 2.24) is 10.3 Å². The Balaban J connectivity index is 2.16. The van der Waals surface area contributed by atoms with Crippen LogP contribution < -0.4 is 5.32 Å². The van der Waals surface area contributed by atoms with Crippen molar-refractivity contribution in [2.24, 2.45) is 0 Å². The van der Waals surface area contributed by atoms with Gasteiger partial charge < -0.3 is 10.4 Å². The molecule has 2 heterocycles. The second-order valence-electron chi connectivity index (χ2n) is 4.69. The molecule has 1 fully saturated rings. The van der Waals surface area contributed by atoms with E-state index in [0.717, 1.165) is 42.3 Å². The largest absolute Gasteiger partial charge is 0.385 e. The van der Waals surface area contributed by atoms with Gasteiger partial charge in [-0.25, -0.2) is 0 Å². The van der Waals surface area contributed by atoms with E-state index in [1.807, 2.05) is 30.6 Å². The van der Waals surface area contributed by atoms with Crippen molar-refractivity contribution in [3.63, 3.8) is 0 Å². The molecule has 3 rings (SSSR count). The Morgan fingerprint density at radius 3 is 2.71 bits per heavy atom. The van der Waals surface area contributed by atoms with Crippen molar-refractivity contribution in [2.75, 3.05) is 13.1 Å². The zero-order valence-electron chi connectivity index (χ0n) is 9.69. The van der Waals surface area contributed by atoms with E-state index in [2.05, 4.69) is 16.4 Å². The molecule has 2 aromatic rings. The monoisotopic (exact) mass is 228 g/mol. The summed E-state index contributed by atoms with van der Waals surface area (Å²) < 4.78 is 0. The third-order valence-electron chi connectivity index (χ3n) is 3.60. The highest BCUT2D eigenvalue weighted by molar-refractivity contribution is 5.85. The Hall–Kier alpha value is -1.45. The minimum absolute atomic E-state index is 0.723. The summed E-state index contributed by atoms with van der Waals surface area (Å²) in [7, 11) is 0. The molecule has 0 radical (unpaired) electrons. The lowest BCUT2D eigenvalue weighted by molar-refractivity contribution is 0.00706. The van der Waals surface area contributed by atoms with Gasteiger partial charge in [-0.3, -0.25) is 4.98 Å². The van der Waals surface area contributed by atoms with E-state index in [1.54, 1.807) is 0 Å². The Bertz CT molecular complexity index is 527. The normalized spacial score (nSPS) is 19.4. The highest BCUT2D eigenvalue weighted by Crippen LogP contribution is 2.34. The van der Waals surface area contributed by atoms with E-state index in [-0.39, 0.29) is 0 Å². The first-order valence-electron chi connectivity index (χ1n) is 6.06. The molecule has 0 aliphatic carbocycles. The first-order chi connectivity index (χ1) is 8.30. The molecule has 0 atom stereocenters. The number of fused-ring (bicyclic) bond motifs is 1. The number of benzene rings is 1. The molecule has 88 valence electrons. The number of piperidine rings is 1. The average molecular weight is 228 g/mol. The van der Waals surface area contributed by atoms with E-state index >= 15 is 0 Å². The van der Waals surface area contributed by atoms with E-state index in [9.17, 15) is 5.11 Å². The maximum absolute atomic E-state index is 10.8. The fourth-order valence-corrected chi connectivity index (χ4v) is 2.60. The molecule has 3 heteroatoms. The summed E-state index contributed by atoms with van der Waals surface area (Å²) in [5, 5.41) is 16.2. The fourth-order valence-electron chi connectivity index (χ4n) is 2.60. The van der Waals surface area contributed by atoms with Gasteiger partial charge in [-0.15, -0.1) is 0 Å². The SMILES string of the molecule is OC1(c2cncc3ccccc23)CCNCC1. The molecular formula is C14H16N2O. The summed E-state index contributed by atoms with van der Waals surface area (Å²) in [4.78, 5) is 4.25. The molecule has 17 heavy (non-hydrogen) atoms. The third-order valence-corrected chi connectivity index (χ3v) is 3.60. The van der Waals surface area contributed by atoms with Gasteiger partial charge in [0.2, 0.25) is 0 Å². The lowest BCUT2D eigenvalue weighted by Gasteiger charge is -2.33. The summed E-state index contributed by atoms with van der Waals surface area (Å²) in [6, 6.07) is 8.11. The van der Waals surface area contributed by atoms with Gasteiger partial charge in [-0.1, -0.05) is 24.3 Å². The van der Waals surface area contributed by atoms with Crippen LogP contribution in [0.5, 0.6) is 0 Å². The number of pyridine rings is 1.